The van der Waals surface area contributed by atoms with Gasteiger partial charge < -0.3 is 9.52 Å². The van der Waals surface area contributed by atoms with Crippen molar-refractivity contribution in [2.75, 3.05) is 7.05 Å². The maximum Gasteiger partial charge on any atom is 0.276 e. The highest BCUT2D eigenvalue weighted by Gasteiger charge is 2.34. The van der Waals surface area contributed by atoms with Crippen LogP contribution in [-0.2, 0) is 16.6 Å². The molecule has 0 spiro atoms. The molecular weight excluding hydrogens is 242 g/mol. The molecule has 98 valence electrons. The summed E-state index contributed by atoms with van der Waals surface area (Å²) in [6.45, 7) is 5.31. The van der Waals surface area contributed by atoms with Crippen LogP contribution in [0.15, 0.2) is 21.6 Å². The Morgan fingerprint density at radius 3 is 2.41 bits per heavy atom. The van der Waals surface area contributed by atoms with Gasteiger partial charge in [0, 0.05) is 12.6 Å². The molecular formula is C11H19NO4S. The number of aliphatic hydroxyl groups excluding tert-OH is 1. The first-order chi connectivity index (χ1) is 7.75. The van der Waals surface area contributed by atoms with Crippen LogP contribution < -0.4 is 0 Å². The summed E-state index contributed by atoms with van der Waals surface area (Å²) in [5, 5.41) is 8.73. The molecule has 17 heavy (non-hydrogen) atoms. The van der Waals surface area contributed by atoms with E-state index in [1.807, 2.05) is 20.8 Å². The Morgan fingerprint density at radius 1 is 1.41 bits per heavy atom. The standard InChI is InChI=1S/C11H19NO4S/c1-5-11(2,3)12(4)17(14,15)10-7-6-9(8-13)16-10/h6-7,13H,5,8H2,1-4H3. The normalized spacial score (nSPS) is 13.3. The van der Waals surface area contributed by atoms with E-state index in [1.54, 1.807) is 0 Å². The van der Waals surface area contributed by atoms with Gasteiger partial charge in [-0.25, -0.2) is 8.42 Å². The third-order valence-corrected chi connectivity index (χ3v) is 5.07. The molecule has 0 aliphatic rings. The summed E-state index contributed by atoms with van der Waals surface area (Å²) in [6.07, 6.45) is 0.691. The van der Waals surface area contributed by atoms with E-state index in [-0.39, 0.29) is 17.5 Å². The van der Waals surface area contributed by atoms with Crippen molar-refractivity contribution < 1.29 is 17.9 Å². The number of rotatable bonds is 5. The molecule has 0 radical (unpaired) electrons. The Labute approximate surface area is 102 Å². The fourth-order valence-electron chi connectivity index (χ4n) is 1.26. The molecule has 1 heterocycles. The third-order valence-electron chi connectivity index (χ3n) is 3.13. The molecule has 0 aliphatic carbocycles. The average molecular weight is 261 g/mol. The van der Waals surface area contributed by atoms with E-state index in [0.717, 1.165) is 0 Å². The van der Waals surface area contributed by atoms with Crippen LogP contribution in [0.2, 0.25) is 0 Å². The van der Waals surface area contributed by atoms with Gasteiger partial charge in [0.15, 0.2) is 0 Å². The molecule has 0 bridgehead atoms. The molecule has 1 N–H and O–H groups in total. The molecule has 0 atom stereocenters. The lowest BCUT2D eigenvalue weighted by molar-refractivity contribution is 0.227. The highest BCUT2D eigenvalue weighted by atomic mass is 32.2. The van der Waals surface area contributed by atoms with E-state index < -0.39 is 15.6 Å². The van der Waals surface area contributed by atoms with Crippen LogP contribution >= 0.6 is 0 Å². The number of sulfonamides is 1. The summed E-state index contributed by atoms with van der Waals surface area (Å²) in [5.74, 6) is 0.242. The maximum absolute atomic E-state index is 12.2. The molecule has 0 amide bonds. The molecule has 0 aromatic carbocycles. The zero-order valence-electron chi connectivity index (χ0n) is 10.6. The van der Waals surface area contributed by atoms with E-state index in [4.69, 9.17) is 9.52 Å². The van der Waals surface area contributed by atoms with Crippen molar-refractivity contribution in [1.29, 1.82) is 0 Å². The van der Waals surface area contributed by atoms with Crippen molar-refractivity contribution in [1.82, 2.24) is 4.31 Å². The van der Waals surface area contributed by atoms with Crippen LogP contribution in [0.3, 0.4) is 0 Å². The van der Waals surface area contributed by atoms with E-state index >= 15 is 0 Å². The van der Waals surface area contributed by atoms with Gasteiger partial charge in [0.05, 0.1) is 0 Å². The van der Waals surface area contributed by atoms with E-state index in [9.17, 15) is 8.42 Å². The lowest BCUT2D eigenvalue weighted by atomic mass is 10.0. The highest BCUT2D eigenvalue weighted by Crippen LogP contribution is 2.26. The fourth-order valence-corrected chi connectivity index (χ4v) is 2.77. The minimum Gasteiger partial charge on any atom is -0.446 e. The van der Waals surface area contributed by atoms with Gasteiger partial charge in [-0.1, -0.05) is 6.92 Å². The lowest BCUT2D eigenvalue weighted by Crippen LogP contribution is -2.44. The van der Waals surface area contributed by atoms with Crippen molar-refractivity contribution in [2.24, 2.45) is 0 Å². The molecule has 1 aromatic heterocycles. The number of aliphatic hydroxyl groups is 1. The van der Waals surface area contributed by atoms with Crippen molar-refractivity contribution in [3.63, 3.8) is 0 Å². The summed E-state index contributed by atoms with van der Waals surface area (Å²) in [5.41, 5.74) is -0.481. The zero-order valence-corrected chi connectivity index (χ0v) is 11.4. The molecule has 5 nitrogen and oxygen atoms in total. The first kappa shape index (κ1) is 14.2. The number of hydrogen-bond donors (Lipinski definition) is 1. The van der Waals surface area contributed by atoms with Crippen molar-refractivity contribution in [3.8, 4) is 0 Å². The van der Waals surface area contributed by atoms with Crippen molar-refractivity contribution in [3.05, 3.63) is 17.9 Å². The number of hydrogen-bond acceptors (Lipinski definition) is 4. The molecule has 0 saturated heterocycles. The molecule has 0 aliphatic heterocycles. The van der Waals surface area contributed by atoms with Crippen LogP contribution in [0.1, 0.15) is 33.0 Å². The van der Waals surface area contributed by atoms with Crippen molar-refractivity contribution in [2.45, 2.75) is 44.4 Å². The minimum absolute atomic E-state index is 0.134. The second-order valence-corrected chi connectivity index (χ2v) is 6.42. The van der Waals surface area contributed by atoms with Gasteiger partial charge in [-0.15, -0.1) is 0 Å². The molecule has 0 unspecified atom stereocenters. The predicted molar refractivity (Wildman–Crippen MR) is 63.9 cm³/mol. The van der Waals surface area contributed by atoms with Crippen LogP contribution in [0, 0.1) is 0 Å². The summed E-state index contributed by atoms with van der Waals surface area (Å²) in [7, 11) is -2.11. The Morgan fingerprint density at radius 2 is 2.00 bits per heavy atom. The predicted octanol–water partition coefficient (Wildman–Crippen LogP) is 1.58. The lowest BCUT2D eigenvalue weighted by Gasteiger charge is -2.32. The van der Waals surface area contributed by atoms with Crippen LogP contribution in [0.25, 0.3) is 0 Å². The van der Waals surface area contributed by atoms with Gasteiger partial charge in [0.2, 0.25) is 5.09 Å². The second kappa shape index (κ2) is 4.80. The topological polar surface area (TPSA) is 70.8 Å². The summed E-state index contributed by atoms with van der Waals surface area (Å²) >= 11 is 0. The van der Waals surface area contributed by atoms with Gasteiger partial charge in [0.1, 0.15) is 12.4 Å². The zero-order chi connectivity index (χ0) is 13.3. The Kier molecular flexibility index (Phi) is 4.01. The minimum atomic E-state index is -3.64. The monoisotopic (exact) mass is 261 g/mol. The van der Waals surface area contributed by atoms with Gasteiger partial charge in [-0.3, -0.25) is 0 Å². The van der Waals surface area contributed by atoms with Gasteiger partial charge in [0.25, 0.3) is 10.0 Å². The largest absolute Gasteiger partial charge is 0.446 e. The summed E-state index contributed by atoms with van der Waals surface area (Å²) in [6, 6.07) is 2.82. The molecule has 0 saturated carbocycles. The Hall–Kier alpha value is -0.850. The number of nitrogens with zero attached hydrogens (tertiary/aromatic N) is 1. The summed E-state index contributed by atoms with van der Waals surface area (Å²) in [4.78, 5) is 0. The van der Waals surface area contributed by atoms with Crippen molar-refractivity contribution >= 4 is 10.0 Å². The second-order valence-electron chi connectivity index (χ2n) is 4.52. The third kappa shape index (κ3) is 2.70. The molecule has 6 heteroatoms. The van der Waals surface area contributed by atoms with E-state index in [0.29, 0.717) is 6.42 Å². The smallest absolute Gasteiger partial charge is 0.276 e. The highest BCUT2D eigenvalue weighted by molar-refractivity contribution is 7.89. The molecule has 1 aromatic rings. The van der Waals surface area contributed by atoms with Crippen LogP contribution in [0.5, 0.6) is 0 Å². The van der Waals surface area contributed by atoms with Gasteiger partial charge >= 0.3 is 0 Å². The Balaban J connectivity index is 3.11. The Bertz CT molecular complexity index is 475. The number of furan rings is 1. The SMILES string of the molecule is CCC(C)(C)N(C)S(=O)(=O)c1ccc(CO)o1. The fraction of sp³-hybridized carbons (Fsp3) is 0.636. The quantitative estimate of drug-likeness (QED) is 0.873. The molecule has 1 rings (SSSR count). The first-order valence-electron chi connectivity index (χ1n) is 5.44. The van der Waals surface area contributed by atoms with E-state index in [1.165, 1.54) is 23.5 Å². The summed E-state index contributed by atoms with van der Waals surface area (Å²) < 4.78 is 30.8. The van der Waals surface area contributed by atoms with Gasteiger partial charge in [-0.2, -0.15) is 4.31 Å². The van der Waals surface area contributed by atoms with Crippen LogP contribution in [-0.4, -0.2) is 30.4 Å². The maximum atomic E-state index is 12.2. The van der Waals surface area contributed by atoms with Gasteiger partial charge in [-0.05, 0) is 32.4 Å². The van der Waals surface area contributed by atoms with Crippen LogP contribution in [0.4, 0.5) is 0 Å². The first-order valence-corrected chi connectivity index (χ1v) is 6.88. The molecule has 0 fully saturated rings. The van der Waals surface area contributed by atoms with E-state index in [2.05, 4.69) is 0 Å². The average Bonchev–Trinajstić information content (AvgIpc) is 2.77.